The summed E-state index contributed by atoms with van der Waals surface area (Å²) in [6, 6.07) is 5.28. The van der Waals surface area contributed by atoms with E-state index in [1.165, 1.54) is 4.90 Å². The molecule has 9 heteroatoms. The van der Waals surface area contributed by atoms with Gasteiger partial charge in [0.25, 0.3) is 5.91 Å². The Morgan fingerprint density at radius 1 is 1.14 bits per heavy atom. The highest BCUT2D eigenvalue weighted by atomic mass is 35.5. The average molecular weight is 515 g/mol. The van der Waals surface area contributed by atoms with Gasteiger partial charge in [0.1, 0.15) is 17.6 Å². The number of rotatable bonds is 5. The molecule has 0 aliphatic carbocycles. The fraction of sp³-hybridized carbons (Fsp3) is 0.519. The SMILES string of the molecule is CC(C)C[C@H](CO)N1C(=O)[C@@H]2[C@@H]3C(=O)OCCC=C[C@@H]3O[C@@]23C=CCN(c2ccc(Cl)cc2)C(=O)C13. The number of nitrogens with zero attached hydrogens (tertiary/aromatic N) is 2. The van der Waals surface area contributed by atoms with Gasteiger partial charge in [0.05, 0.1) is 31.3 Å². The third kappa shape index (κ3) is 3.96. The highest BCUT2D eigenvalue weighted by Crippen LogP contribution is 2.54. The number of aliphatic hydroxyl groups excluding tert-OH is 1. The number of halogens is 1. The first-order valence-corrected chi connectivity index (χ1v) is 12.8. The summed E-state index contributed by atoms with van der Waals surface area (Å²) in [6.45, 7) is 4.18. The summed E-state index contributed by atoms with van der Waals surface area (Å²) >= 11 is 6.07. The van der Waals surface area contributed by atoms with Crippen LogP contribution in [0.15, 0.2) is 48.6 Å². The number of aliphatic hydroxyl groups is 1. The molecule has 1 aromatic carbocycles. The third-order valence-corrected chi connectivity index (χ3v) is 7.80. The van der Waals surface area contributed by atoms with Crippen molar-refractivity contribution in [3.8, 4) is 0 Å². The van der Waals surface area contributed by atoms with Gasteiger partial charge < -0.3 is 24.4 Å². The number of anilines is 1. The molecule has 4 aliphatic heterocycles. The van der Waals surface area contributed by atoms with Crippen LogP contribution in [0.1, 0.15) is 26.7 Å². The number of esters is 1. The zero-order valence-electron chi connectivity index (χ0n) is 20.4. The molecule has 192 valence electrons. The number of benzene rings is 1. The molecule has 4 heterocycles. The normalized spacial score (nSPS) is 32.5. The summed E-state index contributed by atoms with van der Waals surface area (Å²) in [5, 5.41) is 10.9. The molecule has 1 aromatic rings. The van der Waals surface area contributed by atoms with E-state index in [0.717, 1.165) is 0 Å². The number of fused-ring (bicyclic) bond motifs is 2. The number of carbonyl (C=O) groups excluding carboxylic acids is 3. The molecular weight excluding hydrogens is 484 g/mol. The molecule has 5 rings (SSSR count). The minimum Gasteiger partial charge on any atom is -0.465 e. The minimum absolute atomic E-state index is 0.165. The first kappa shape index (κ1) is 25.0. The van der Waals surface area contributed by atoms with Gasteiger partial charge in [-0.15, -0.1) is 0 Å². The average Bonchev–Trinajstić information content (AvgIpc) is 3.22. The predicted octanol–water partition coefficient (Wildman–Crippen LogP) is 2.73. The van der Waals surface area contributed by atoms with Crippen molar-refractivity contribution in [2.45, 2.75) is 50.5 Å². The molecule has 0 bridgehead atoms. The van der Waals surface area contributed by atoms with Gasteiger partial charge in [0.15, 0.2) is 0 Å². The van der Waals surface area contributed by atoms with Crippen LogP contribution in [0.4, 0.5) is 5.69 Å². The van der Waals surface area contributed by atoms with Crippen molar-refractivity contribution in [1.29, 1.82) is 0 Å². The maximum Gasteiger partial charge on any atom is 0.312 e. The number of likely N-dealkylation sites (tertiary alicyclic amines) is 1. The highest BCUT2D eigenvalue weighted by molar-refractivity contribution is 6.30. The van der Waals surface area contributed by atoms with Gasteiger partial charge in [0, 0.05) is 17.3 Å². The molecule has 8 nitrogen and oxygen atoms in total. The molecule has 0 saturated carbocycles. The standard InChI is InChI=1S/C27H31ClN2O6/c1-16(2)14-19(15-31)30-23-25(33)29(18-9-7-17(28)8-10-18)12-5-11-27(23)22(24(30)32)21-20(36-27)6-3-4-13-35-26(21)34/h3,5-11,16,19-23,31H,4,12-15H2,1-2H3/t19-,20+,21-,22+,23?,27+/m1/s1. The van der Waals surface area contributed by atoms with Crippen LogP contribution >= 0.6 is 11.6 Å². The van der Waals surface area contributed by atoms with E-state index in [2.05, 4.69) is 0 Å². The second kappa shape index (κ2) is 9.65. The van der Waals surface area contributed by atoms with E-state index in [1.807, 2.05) is 32.1 Å². The van der Waals surface area contributed by atoms with Gasteiger partial charge in [0.2, 0.25) is 5.91 Å². The van der Waals surface area contributed by atoms with Crippen molar-refractivity contribution in [2.75, 3.05) is 24.7 Å². The molecule has 4 aliphatic rings. The van der Waals surface area contributed by atoms with Crippen molar-refractivity contribution >= 4 is 35.1 Å². The number of hydrogen-bond donors (Lipinski definition) is 1. The third-order valence-electron chi connectivity index (χ3n) is 7.54. The zero-order chi connectivity index (χ0) is 25.6. The van der Waals surface area contributed by atoms with E-state index >= 15 is 0 Å². The van der Waals surface area contributed by atoms with Crippen molar-refractivity contribution in [3.63, 3.8) is 0 Å². The van der Waals surface area contributed by atoms with Gasteiger partial charge >= 0.3 is 5.97 Å². The van der Waals surface area contributed by atoms with Crippen LogP contribution in [0, 0.1) is 17.8 Å². The molecule has 2 saturated heterocycles. The molecule has 6 atom stereocenters. The minimum atomic E-state index is -1.36. The van der Waals surface area contributed by atoms with Gasteiger partial charge in [-0.2, -0.15) is 0 Å². The maximum atomic E-state index is 14.3. The Labute approximate surface area is 215 Å². The number of ether oxygens (including phenoxy) is 2. The molecule has 2 amide bonds. The predicted molar refractivity (Wildman–Crippen MR) is 133 cm³/mol. The first-order chi connectivity index (χ1) is 17.3. The molecular formula is C27H31ClN2O6. The summed E-state index contributed by atoms with van der Waals surface area (Å²) in [5.41, 5.74) is -0.724. The number of carbonyl (C=O) groups is 3. The summed E-state index contributed by atoms with van der Waals surface area (Å²) in [5.74, 6) is -2.84. The highest BCUT2D eigenvalue weighted by Gasteiger charge is 2.72. The topological polar surface area (TPSA) is 96.4 Å². The summed E-state index contributed by atoms with van der Waals surface area (Å²) in [6.07, 6.45) is 7.66. The second-order valence-electron chi connectivity index (χ2n) is 10.3. The lowest BCUT2D eigenvalue weighted by Gasteiger charge is -2.39. The Morgan fingerprint density at radius 2 is 1.89 bits per heavy atom. The van der Waals surface area contributed by atoms with Crippen molar-refractivity contribution in [2.24, 2.45) is 17.8 Å². The Balaban J connectivity index is 1.64. The molecule has 0 radical (unpaired) electrons. The fourth-order valence-corrected chi connectivity index (χ4v) is 6.24. The van der Waals surface area contributed by atoms with Crippen LogP contribution < -0.4 is 4.90 Å². The Bertz CT molecular complexity index is 1100. The van der Waals surface area contributed by atoms with E-state index < -0.39 is 41.6 Å². The largest absolute Gasteiger partial charge is 0.465 e. The molecule has 1 spiro atoms. The second-order valence-corrected chi connectivity index (χ2v) is 10.7. The number of cyclic esters (lactones) is 1. The van der Waals surface area contributed by atoms with Gasteiger partial charge in [-0.25, -0.2) is 0 Å². The monoisotopic (exact) mass is 514 g/mol. The molecule has 1 N–H and O–H groups in total. The van der Waals surface area contributed by atoms with Crippen molar-refractivity contribution in [1.82, 2.24) is 4.90 Å². The van der Waals surface area contributed by atoms with Crippen LogP contribution in [0.2, 0.25) is 5.02 Å². The Kier molecular flexibility index (Phi) is 6.70. The zero-order valence-corrected chi connectivity index (χ0v) is 21.1. The van der Waals surface area contributed by atoms with E-state index in [4.69, 9.17) is 21.1 Å². The van der Waals surface area contributed by atoms with Crippen molar-refractivity contribution < 1.29 is 29.0 Å². The first-order valence-electron chi connectivity index (χ1n) is 12.5. The van der Waals surface area contributed by atoms with E-state index in [9.17, 15) is 19.5 Å². The fourth-order valence-electron chi connectivity index (χ4n) is 6.11. The molecule has 0 aromatic heterocycles. The lowest BCUT2D eigenvalue weighted by Crippen LogP contribution is -2.58. The van der Waals surface area contributed by atoms with Crippen LogP contribution in [-0.4, -0.2) is 71.3 Å². The maximum absolute atomic E-state index is 14.3. The Morgan fingerprint density at radius 3 is 2.58 bits per heavy atom. The van der Waals surface area contributed by atoms with Gasteiger partial charge in [-0.1, -0.05) is 49.8 Å². The molecule has 2 fully saturated rings. The smallest absolute Gasteiger partial charge is 0.312 e. The summed E-state index contributed by atoms with van der Waals surface area (Å²) < 4.78 is 12.0. The van der Waals surface area contributed by atoms with E-state index in [0.29, 0.717) is 23.6 Å². The lowest BCUT2D eigenvalue weighted by molar-refractivity contribution is -0.155. The van der Waals surface area contributed by atoms with Crippen LogP contribution in [-0.2, 0) is 23.9 Å². The Hall–Kier alpha value is -2.68. The van der Waals surface area contributed by atoms with Gasteiger partial charge in [-0.3, -0.25) is 14.4 Å². The lowest BCUT2D eigenvalue weighted by atomic mass is 9.77. The summed E-state index contributed by atoms with van der Waals surface area (Å²) in [4.78, 5) is 44.7. The number of amides is 2. The molecule has 36 heavy (non-hydrogen) atoms. The van der Waals surface area contributed by atoms with E-state index in [-0.39, 0.29) is 37.5 Å². The van der Waals surface area contributed by atoms with E-state index in [1.54, 1.807) is 35.2 Å². The van der Waals surface area contributed by atoms with Crippen LogP contribution in [0.5, 0.6) is 0 Å². The quantitative estimate of drug-likeness (QED) is 0.479. The van der Waals surface area contributed by atoms with Crippen molar-refractivity contribution in [3.05, 3.63) is 53.6 Å². The van der Waals surface area contributed by atoms with Crippen LogP contribution in [0.3, 0.4) is 0 Å². The van der Waals surface area contributed by atoms with Gasteiger partial charge in [-0.05, 0) is 43.0 Å². The summed E-state index contributed by atoms with van der Waals surface area (Å²) in [7, 11) is 0. The van der Waals surface area contributed by atoms with Crippen LogP contribution in [0.25, 0.3) is 0 Å². The number of hydrogen-bond acceptors (Lipinski definition) is 6. The molecule has 1 unspecified atom stereocenters.